The Morgan fingerprint density at radius 2 is 1.74 bits per heavy atom. The molecule has 2 N–H and O–H groups in total. The van der Waals surface area contributed by atoms with Gasteiger partial charge >= 0.3 is 0 Å². The number of sulfonamides is 1. The Morgan fingerprint density at radius 3 is 2.13 bits per heavy atom. The van der Waals surface area contributed by atoms with Gasteiger partial charge in [-0.05, 0) is 49.8 Å². The number of hydrogen-bond acceptors (Lipinski definition) is 3. The Balaban J connectivity index is 3.25. The molecule has 0 aliphatic rings. The molecule has 0 bridgehead atoms. The van der Waals surface area contributed by atoms with E-state index >= 15 is 0 Å². The van der Waals surface area contributed by atoms with Crippen LogP contribution in [0.3, 0.4) is 0 Å². The van der Waals surface area contributed by atoms with Gasteiger partial charge in [-0.3, -0.25) is 0 Å². The van der Waals surface area contributed by atoms with Crippen molar-refractivity contribution in [1.82, 2.24) is 4.72 Å². The standard InChI is InChI=1S/C18H29NO3S/c1-7-16(11-20)10-17(12(2)3)19-23(21,22)18-14(5)8-13(4)9-15(18)6/h8-10,12,17,19-20H,7,11H2,1-6H3/b16-10+/t17-/m1/s1. The molecule has 0 unspecified atom stereocenters. The number of aliphatic hydroxyl groups is 1. The average Bonchev–Trinajstić information content (AvgIpc) is 2.41. The predicted octanol–water partition coefficient (Wildman–Crippen LogP) is 3.24. The van der Waals surface area contributed by atoms with Crippen molar-refractivity contribution in [3.05, 3.63) is 40.5 Å². The first-order chi connectivity index (χ1) is 10.6. The first-order valence-electron chi connectivity index (χ1n) is 8.03. The summed E-state index contributed by atoms with van der Waals surface area (Å²) in [6.45, 7) is 11.4. The monoisotopic (exact) mass is 339 g/mol. The summed E-state index contributed by atoms with van der Waals surface area (Å²) in [5.41, 5.74) is 3.38. The Bertz CT molecular complexity index is 647. The van der Waals surface area contributed by atoms with E-state index < -0.39 is 10.0 Å². The summed E-state index contributed by atoms with van der Waals surface area (Å²) in [4.78, 5) is 0.351. The topological polar surface area (TPSA) is 66.4 Å². The molecule has 0 heterocycles. The van der Waals surface area contributed by atoms with E-state index in [4.69, 9.17) is 0 Å². The van der Waals surface area contributed by atoms with Crippen molar-refractivity contribution in [1.29, 1.82) is 0 Å². The van der Waals surface area contributed by atoms with E-state index in [1.165, 1.54) is 0 Å². The zero-order valence-electron chi connectivity index (χ0n) is 15.0. The molecule has 0 radical (unpaired) electrons. The third kappa shape index (κ3) is 5.16. The van der Waals surface area contributed by atoms with Crippen LogP contribution >= 0.6 is 0 Å². The lowest BCUT2D eigenvalue weighted by Crippen LogP contribution is -2.38. The summed E-state index contributed by atoms with van der Waals surface area (Å²) >= 11 is 0. The summed E-state index contributed by atoms with van der Waals surface area (Å²) in [6.07, 6.45) is 2.53. The maximum atomic E-state index is 12.9. The molecule has 1 aromatic rings. The number of rotatable bonds is 7. The van der Waals surface area contributed by atoms with E-state index in [1.807, 2.05) is 59.8 Å². The molecular formula is C18H29NO3S. The Kier molecular flexibility index (Phi) is 6.99. The van der Waals surface area contributed by atoms with Crippen LogP contribution in [0.15, 0.2) is 28.7 Å². The number of hydrogen-bond donors (Lipinski definition) is 2. The molecule has 0 fully saturated rings. The fourth-order valence-electron chi connectivity index (χ4n) is 2.73. The number of nitrogens with one attached hydrogen (secondary N) is 1. The normalized spacial score (nSPS) is 14.3. The third-order valence-electron chi connectivity index (χ3n) is 3.96. The molecule has 1 aromatic carbocycles. The van der Waals surface area contributed by atoms with E-state index in [2.05, 4.69) is 4.72 Å². The molecule has 0 aromatic heterocycles. The van der Waals surface area contributed by atoms with Gasteiger partial charge in [0.25, 0.3) is 0 Å². The highest BCUT2D eigenvalue weighted by atomic mass is 32.2. The molecular weight excluding hydrogens is 310 g/mol. The van der Waals surface area contributed by atoms with Crippen LogP contribution < -0.4 is 4.72 Å². The lowest BCUT2D eigenvalue weighted by molar-refractivity contribution is 0.326. The van der Waals surface area contributed by atoms with Gasteiger partial charge in [0.15, 0.2) is 0 Å². The largest absolute Gasteiger partial charge is 0.392 e. The number of aliphatic hydroxyl groups excluding tert-OH is 1. The summed E-state index contributed by atoms with van der Waals surface area (Å²) in [5, 5.41) is 9.35. The van der Waals surface area contributed by atoms with Gasteiger partial charge in [-0.25, -0.2) is 13.1 Å². The lowest BCUT2D eigenvalue weighted by atomic mass is 10.0. The van der Waals surface area contributed by atoms with Crippen LogP contribution in [0.1, 0.15) is 43.9 Å². The van der Waals surface area contributed by atoms with Crippen LogP contribution in [0.2, 0.25) is 0 Å². The zero-order valence-corrected chi connectivity index (χ0v) is 15.8. The van der Waals surface area contributed by atoms with Crippen molar-refractivity contribution in [2.45, 2.75) is 58.9 Å². The van der Waals surface area contributed by atoms with E-state index in [1.54, 1.807) is 0 Å². The summed E-state index contributed by atoms with van der Waals surface area (Å²) in [7, 11) is -3.62. The van der Waals surface area contributed by atoms with Crippen molar-refractivity contribution < 1.29 is 13.5 Å². The highest BCUT2D eigenvalue weighted by Crippen LogP contribution is 2.23. The molecule has 0 aliphatic carbocycles. The minimum atomic E-state index is -3.62. The maximum Gasteiger partial charge on any atom is 0.241 e. The molecule has 4 nitrogen and oxygen atoms in total. The second-order valence-electron chi connectivity index (χ2n) is 6.46. The van der Waals surface area contributed by atoms with E-state index in [9.17, 15) is 13.5 Å². The lowest BCUT2D eigenvalue weighted by Gasteiger charge is -2.22. The Hall–Kier alpha value is -1.17. The molecule has 23 heavy (non-hydrogen) atoms. The molecule has 0 spiro atoms. The van der Waals surface area contributed by atoms with Crippen molar-refractivity contribution >= 4 is 10.0 Å². The third-order valence-corrected chi connectivity index (χ3v) is 5.72. The fourth-order valence-corrected chi connectivity index (χ4v) is 4.51. The molecule has 1 rings (SSSR count). The van der Waals surface area contributed by atoms with Crippen LogP contribution in [0.25, 0.3) is 0 Å². The minimum absolute atomic E-state index is 0.0516. The quantitative estimate of drug-likeness (QED) is 0.750. The second-order valence-corrected chi connectivity index (χ2v) is 8.11. The minimum Gasteiger partial charge on any atom is -0.392 e. The summed E-state index contributed by atoms with van der Waals surface area (Å²) in [5.74, 6) is 0.0870. The summed E-state index contributed by atoms with van der Waals surface area (Å²) < 4.78 is 28.5. The van der Waals surface area contributed by atoms with Gasteiger partial charge in [0.2, 0.25) is 10.0 Å². The zero-order chi connectivity index (χ0) is 17.8. The molecule has 130 valence electrons. The Morgan fingerprint density at radius 1 is 1.22 bits per heavy atom. The van der Waals surface area contributed by atoms with Gasteiger partial charge in [-0.15, -0.1) is 0 Å². The SMILES string of the molecule is CC/C(=C\[C@@H](NS(=O)(=O)c1c(C)cc(C)cc1C)C(C)C)CO. The van der Waals surface area contributed by atoms with Gasteiger partial charge in [0.05, 0.1) is 11.5 Å². The van der Waals surface area contributed by atoms with Crippen molar-refractivity contribution in [2.24, 2.45) is 5.92 Å². The maximum absolute atomic E-state index is 12.9. The highest BCUT2D eigenvalue weighted by molar-refractivity contribution is 7.89. The molecule has 1 atom stereocenters. The highest BCUT2D eigenvalue weighted by Gasteiger charge is 2.24. The van der Waals surface area contributed by atoms with Crippen LogP contribution in [-0.4, -0.2) is 26.2 Å². The molecule has 5 heteroatoms. The van der Waals surface area contributed by atoms with Crippen LogP contribution in [0.5, 0.6) is 0 Å². The first kappa shape index (κ1) is 19.9. The second kappa shape index (κ2) is 8.08. The van der Waals surface area contributed by atoms with Gasteiger partial charge in [-0.2, -0.15) is 0 Å². The predicted molar refractivity (Wildman–Crippen MR) is 95.1 cm³/mol. The van der Waals surface area contributed by atoms with Gasteiger partial charge in [0.1, 0.15) is 0 Å². The number of benzene rings is 1. The van der Waals surface area contributed by atoms with E-state index in [0.29, 0.717) is 11.3 Å². The van der Waals surface area contributed by atoms with E-state index in [-0.39, 0.29) is 18.6 Å². The number of aryl methyl sites for hydroxylation is 3. The van der Waals surface area contributed by atoms with Crippen molar-refractivity contribution in [2.75, 3.05) is 6.61 Å². The van der Waals surface area contributed by atoms with Crippen molar-refractivity contribution in [3.8, 4) is 0 Å². The average molecular weight is 340 g/mol. The molecule has 0 saturated heterocycles. The smallest absolute Gasteiger partial charge is 0.241 e. The van der Waals surface area contributed by atoms with Crippen LogP contribution in [-0.2, 0) is 10.0 Å². The molecule has 0 aliphatic heterocycles. The van der Waals surface area contributed by atoms with Crippen LogP contribution in [0.4, 0.5) is 0 Å². The summed E-state index contributed by atoms with van der Waals surface area (Å²) in [6, 6.07) is 3.42. The molecule has 0 amide bonds. The fraction of sp³-hybridized carbons (Fsp3) is 0.556. The van der Waals surface area contributed by atoms with Gasteiger partial charge < -0.3 is 5.11 Å². The van der Waals surface area contributed by atoms with Gasteiger partial charge in [-0.1, -0.05) is 44.5 Å². The van der Waals surface area contributed by atoms with Crippen LogP contribution in [0, 0.1) is 26.7 Å². The van der Waals surface area contributed by atoms with Gasteiger partial charge in [0, 0.05) is 6.04 Å². The Labute approximate surface area is 140 Å². The van der Waals surface area contributed by atoms with Crippen molar-refractivity contribution in [3.63, 3.8) is 0 Å². The van der Waals surface area contributed by atoms with E-state index in [0.717, 1.165) is 22.3 Å². The molecule has 0 saturated carbocycles. The first-order valence-corrected chi connectivity index (χ1v) is 9.51.